The first-order valence-corrected chi connectivity index (χ1v) is 12.8. The summed E-state index contributed by atoms with van der Waals surface area (Å²) in [7, 11) is 0. The van der Waals surface area contributed by atoms with Crippen molar-refractivity contribution in [2.24, 2.45) is 5.92 Å². The average Bonchev–Trinajstić information content (AvgIpc) is 3.43. The molecule has 2 heterocycles. The lowest BCUT2D eigenvalue weighted by atomic mass is 10.1. The normalized spacial score (nSPS) is 23.7. The van der Waals surface area contributed by atoms with Gasteiger partial charge in [-0.25, -0.2) is 0 Å². The highest BCUT2D eigenvalue weighted by Gasteiger charge is 2.40. The van der Waals surface area contributed by atoms with Crippen molar-refractivity contribution < 1.29 is 9.59 Å². The number of carbonyl (C=O) groups excluding carboxylic acids is 2. The van der Waals surface area contributed by atoms with Crippen molar-refractivity contribution in [3.05, 3.63) is 35.9 Å². The van der Waals surface area contributed by atoms with Gasteiger partial charge in [0.15, 0.2) is 0 Å². The van der Waals surface area contributed by atoms with Gasteiger partial charge in [-0.3, -0.25) is 9.59 Å². The molecule has 2 aliphatic heterocycles. The first-order chi connectivity index (χ1) is 14.7. The third kappa shape index (κ3) is 5.38. The van der Waals surface area contributed by atoms with E-state index in [2.05, 4.69) is 35.2 Å². The number of carbonyl (C=O) groups is 2. The number of aryl methyl sites for hydroxylation is 1. The molecule has 5 nitrogen and oxygen atoms in total. The minimum Gasteiger partial charge on any atom is -0.340 e. The van der Waals surface area contributed by atoms with Gasteiger partial charge < -0.3 is 14.7 Å². The standard InChI is InChI=1S/C24H35N3O2S/c28-23(21-11-4-5-12-21)27-19-30-18-22(27)24(29)26-15-7-14-25(16-17-26)13-6-10-20-8-2-1-3-9-20/h1-3,8-9,21-22H,4-7,10-19H2. The molecule has 0 N–H and O–H groups in total. The Morgan fingerprint density at radius 2 is 1.73 bits per heavy atom. The van der Waals surface area contributed by atoms with Crippen LogP contribution in [0.25, 0.3) is 0 Å². The highest BCUT2D eigenvalue weighted by atomic mass is 32.2. The third-order valence-corrected chi connectivity index (χ3v) is 7.85. The van der Waals surface area contributed by atoms with Crippen LogP contribution >= 0.6 is 11.8 Å². The van der Waals surface area contributed by atoms with E-state index in [1.165, 1.54) is 5.56 Å². The van der Waals surface area contributed by atoms with Crippen LogP contribution in [0.15, 0.2) is 30.3 Å². The first kappa shape index (κ1) is 21.7. The lowest BCUT2D eigenvalue weighted by molar-refractivity contribution is -0.145. The lowest BCUT2D eigenvalue weighted by Crippen LogP contribution is -2.51. The van der Waals surface area contributed by atoms with Gasteiger partial charge in [0.1, 0.15) is 6.04 Å². The third-order valence-electron chi connectivity index (χ3n) is 6.84. The zero-order valence-corrected chi connectivity index (χ0v) is 18.8. The van der Waals surface area contributed by atoms with Crippen molar-refractivity contribution in [3.8, 4) is 0 Å². The Hall–Kier alpha value is -1.53. The number of benzene rings is 1. The fourth-order valence-electron chi connectivity index (χ4n) is 5.05. The second-order valence-corrected chi connectivity index (χ2v) is 9.91. The molecule has 6 heteroatoms. The number of hydrogen-bond donors (Lipinski definition) is 0. The molecule has 3 fully saturated rings. The van der Waals surface area contributed by atoms with E-state index < -0.39 is 0 Å². The second kappa shape index (κ2) is 10.7. The first-order valence-electron chi connectivity index (χ1n) is 11.7. The molecule has 1 aromatic carbocycles. The number of amides is 2. The molecule has 1 saturated carbocycles. The van der Waals surface area contributed by atoms with Crippen molar-refractivity contribution >= 4 is 23.6 Å². The minimum absolute atomic E-state index is 0.156. The van der Waals surface area contributed by atoms with E-state index in [0.717, 1.165) is 83.4 Å². The predicted octanol–water partition coefficient (Wildman–Crippen LogP) is 3.25. The Kier molecular flexibility index (Phi) is 7.72. The summed E-state index contributed by atoms with van der Waals surface area (Å²) in [6, 6.07) is 10.4. The summed E-state index contributed by atoms with van der Waals surface area (Å²) in [5.74, 6) is 2.01. The molecular formula is C24H35N3O2S. The van der Waals surface area contributed by atoms with Crippen LogP contribution in [-0.2, 0) is 16.0 Å². The fourth-order valence-corrected chi connectivity index (χ4v) is 6.20. The molecule has 0 bridgehead atoms. The minimum atomic E-state index is -0.243. The van der Waals surface area contributed by atoms with Gasteiger partial charge in [-0.05, 0) is 50.8 Å². The monoisotopic (exact) mass is 429 g/mol. The van der Waals surface area contributed by atoms with E-state index in [9.17, 15) is 9.59 Å². The molecular weight excluding hydrogens is 394 g/mol. The van der Waals surface area contributed by atoms with Gasteiger partial charge in [0.2, 0.25) is 11.8 Å². The topological polar surface area (TPSA) is 43.9 Å². The summed E-state index contributed by atoms with van der Waals surface area (Å²) in [4.78, 5) is 32.6. The second-order valence-electron chi connectivity index (χ2n) is 8.91. The van der Waals surface area contributed by atoms with Gasteiger partial charge >= 0.3 is 0 Å². The molecule has 1 aliphatic carbocycles. The molecule has 4 rings (SSSR count). The highest BCUT2D eigenvalue weighted by Crippen LogP contribution is 2.31. The van der Waals surface area contributed by atoms with Crippen molar-refractivity contribution in [2.45, 2.75) is 51.0 Å². The van der Waals surface area contributed by atoms with Crippen molar-refractivity contribution in [1.82, 2.24) is 14.7 Å². The van der Waals surface area contributed by atoms with E-state index in [1.807, 2.05) is 9.80 Å². The van der Waals surface area contributed by atoms with Crippen LogP contribution in [0.2, 0.25) is 0 Å². The molecule has 0 radical (unpaired) electrons. The Balaban J connectivity index is 1.26. The quantitative estimate of drug-likeness (QED) is 0.696. The van der Waals surface area contributed by atoms with Gasteiger partial charge in [-0.15, -0.1) is 11.8 Å². The van der Waals surface area contributed by atoms with Gasteiger partial charge in [0, 0.05) is 31.3 Å². The maximum atomic E-state index is 13.3. The van der Waals surface area contributed by atoms with Crippen LogP contribution in [0, 0.1) is 5.92 Å². The Bertz CT molecular complexity index is 708. The Labute approximate surface area is 185 Å². The predicted molar refractivity (Wildman–Crippen MR) is 122 cm³/mol. The van der Waals surface area contributed by atoms with Crippen molar-refractivity contribution in [1.29, 1.82) is 0 Å². The maximum absolute atomic E-state index is 13.3. The van der Waals surface area contributed by atoms with E-state index in [4.69, 9.17) is 0 Å². The summed E-state index contributed by atoms with van der Waals surface area (Å²) in [5, 5.41) is 0. The molecule has 2 amide bonds. The number of nitrogens with zero attached hydrogens (tertiary/aromatic N) is 3. The van der Waals surface area contributed by atoms with Crippen molar-refractivity contribution in [2.75, 3.05) is 44.4 Å². The van der Waals surface area contributed by atoms with Gasteiger partial charge in [0.25, 0.3) is 0 Å². The SMILES string of the molecule is O=C(C1CSCN1C(=O)C1CCCC1)N1CCCN(CCCc2ccccc2)CC1. The molecule has 0 spiro atoms. The van der Waals surface area contributed by atoms with Crippen LogP contribution in [0.5, 0.6) is 0 Å². The largest absolute Gasteiger partial charge is 0.340 e. The fraction of sp³-hybridized carbons (Fsp3) is 0.667. The molecule has 1 unspecified atom stereocenters. The van der Waals surface area contributed by atoms with E-state index in [1.54, 1.807) is 11.8 Å². The summed E-state index contributed by atoms with van der Waals surface area (Å²) in [6.45, 7) is 4.69. The van der Waals surface area contributed by atoms with E-state index in [-0.39, 0.29) is 23.8 Å². The van der Waals surface area contributed by atoms with E-state index >= 15 is 0 Å². The van der Waals surface area contributed by atoms with Gasteiger partial charge in [-0.2, -0.15) is 0 Å². The highest BCUT2D eigenvalue weighted by molar-refractivity contribution is 7.99. The molecule has 1 aromatic rings. The number of thioether (sulfide) groups is 1. The summed E-state index contributed by atoms with van der Waals surface area (Å²) < 4.78 is 0. The zero-order chi connectivity index (χ0) is 20.8. The molecule has 0 aromatic heterocycles. The summed E-state index contributed by atoms with van der Waals surface area (Å²) in [5.41, 5.74) is 1.40. The van der Waals surface area contributed by atoms with Gasteiger partial charge in [-0.1, -0.05) is 43.2 Å². The lowest BCUT2D eigenvalue weighted by Gasteiger charge is -2.30. The van der Waals surface area contributed by atoms with Gasteiger partial charge in [0.05, 0.1) is 5.88 Å². The molecule has 3 aliphatic rings. The molecule has 164 valence electrons. The zero-order valence-electron chi connectivity index (χ0n) is 18.0. The van der Waals surface area contributed by atoms with Crippen LogP contribution < -0.4 is 0 Å². The Morgan fingerprint density at radius 1 is 0.933 bits per heavy atom. The number of hydrogen-bond acceptors (Lipinski definition) is 4. The van der Waals surface area contributed by atoms with Crippen LogP contribution in [0.4, 0.5) is 0 Å². The molecule has 2 saturated heterocycles. The van der Waals surface area contributed by atoms with E-state index in [0.29, 0.717) is 5.88 Å². The van der Waals surface area contributed by atoms with Crippen LogP contribution in [0.3, 0.4) is 0 Å². The Morgan fingerprint density at radius 3 is 2.53 bits per heavy atom. The smallest absolute Gasteiger partial charge is 0.246 e. The number of rotatable bonds is 6. The van der Waals surface area contributed by atoms with Crippen LogP contribution in [-0.4, -0.2) is 76.9 Å². The molecule has 30 heavy (non-hydrogen) atoms. The van der Waals surface area contributed by atoms with Crippen molar-refractivity contribution in [3.63, 3.8) is 0 Å². The maximum Gasteiger partial charge on any atom is 0.246 e. The summed E-state index contributed by atoms with van der Waals surface area (Å²) in [6.07, 6.45) is 7.60. The summed E-state index contributed by atoms with van der Waals surface area (Å²) >= 11 is 1.73. The molecule has 1 atom stereocenters. The van der Waals surface area contributed by atoms with Crippen LogP contribution in [0.1, 0.15) is 44.1 Å². The average molecular weight is 430 g/mol.